The first-order chi connectivity index (χ1) is 13.9. The van der Waals surface area contributed by atoms with Crippen LogP contribution in [0.15, 0.2) is 83.9 Å². The first kappa shape index (κ1) is 19.3. The highest BCUT2D eigenvalue weighted by Crippen LogP contribution is 2.25. The summed E-state index contributed by atoms with van der Waals surface area (Å²) in [6.07, 6.45) is 1.33. The van der Waals surface area contributed by atoms with Crippen molar-refractivity contribution in [2.24, 2.45) is 0 Å². The van der Waals surface area contributed by atoms with Gasteiger partial charge in [-0.15, -0.1) is 0 Å². The number of sulfonamides is 1. The molecule has 0 aliphatic rings. The number of hydrogen-bond acceptors (Lipinski definition) is 5. The molecule has 6 nitrogen and oxygen atoms in total. The van der Waals surface area contributed by atoms with Gasteiger partial charge in [0.25, 0.3) is 15.9 Å². The molecule has 4 aromatic rings. The Hall–Kier alpha value is -3.00. The van der Waals surface area contributed by atoms with Crippen LogP contribution in [0.1, 0.15) is 0 Å². The molecule has 146 valence electrons. The summed E-state index contributed by atoms with van der Waals surface area (Å²) in [6, 6.07) is 21.4. The van der Waals surface area contributed by atoms with Crippen LogP contribution in [0.2, 0.25) is 5.02 Å². The fourth-order valence-corrected chi connectivity index (χ4v) is 4.05. The second-order valence-electron chi connectivity index (χ2n) is 6.22. The smallest absolute Gasteiger partial charge is 0.273 e. The number of para-hydroxylation sites is 1. The summed E-state index contributed by atoms with van der Waals surface area (Å²) in [5, 5.41) is 0.459. The largest absolute Gasteiger partial charge is 0.369 e. The van der Waals surface area contributed by atoms with Crippen molar-refractivity contribution in [3.05, 3.63) is 84.0 Å². The molecule has 0 aliphatic heterocycles. The van der Waals surface area contributed by atoms with Crippen molar-refractivity contribution in [2.75, 3.05) is 7.05 Å². The minimum absolute atomic E-state index is 0.0463. The Morgan fingerprint density at radius 2 is 1.66 bits per heavy atom. The third kappa shape index (κ3) is 3.93. The Bertz CT molecular complexity index is 1280. The number of halogens is 1. The van der Waals surface area contributed by atoms with Crippen molar-refractivity contribution in [1.82, 2.24) is 14.4 Å². The first-order valence-corrected chi connectivity index (χ1v) is 10.5. The average Bonchev–Trinajstić information content (AvgIpc) is 2.74. The standard InChI is InChI=1S/C21H16ClN3O3S/c1-25(28-20-14-23-21-18(22)11-6-12-19(21)24-20)29(26,27)17-10-5-9-16(13-17)15-7-3-2-4-8-15/h2-14H,1H3. The monoisotopic (exact) mass is 425 g/mol. The molecule has 0 radical (unpaired) electrons. The summed E-state index contributed by atoms with van der Waals surface area (Å²) >= 11 is 6.08. The molecular formula is C21H16ClN3O3S. The van der Waals surface area contributed by atoms with E-state index in [4.69, 9.17) is 16.4 Å². The lowest BCUT2D eigenvalue weighted by Crippen LogP contribution is -2.30. The van der Waals surface area contributed by atoms with Crippen molar-refractivity contribution in [1.29, 1.82) is 0 Å². The van der Waals surface area contributed by atoms with E-state index in [1.807, 2.05) is 36.4 Å². The van der Waals surface area contributed by atoms with Crippen LogP contribution in [0.3, 0.4) is 0 Å². The zero-order valence-electron chi connectivity index (χ0n) is 15.4. The molecule has 1 aromatic heterocycles. The van der Waals surface area contributed by atoms with Gasteiger partial charge in [0.1, 0.15) is 5.52 Å². The topological polar surface area (TPSA) is 72.4 Å². The molecule has 0 saturated heterocycles. The molecule has 0 fully saturated rings. The van der Waals surface area contributed by atoms with Crippen LogP contribution >= 0.6 is 11.6 Å². The molecule has 3 aromatic carbocycles. The van der Waals surface area contributed by atoms with Gasteiger partial charge in [0, 0.05) is 7.05 Å². The van der Waals surface area contributed by atoms with Crippen LogP contribution in [-0.2, 0) is 10.0 Å². The second kappa shape index (κ2) is 7.79. The Morgan fingerprint density at radius 3 is 2.45 bits per heavy atom. The zero-order valence-corrected chi connectivity index (χ0v) is 16.9. The summed E-state index contributed by atoms with van der Waals surface area (Å²) in [4.78, 5) is 14.0. The summed E-state index contributed by atoms with van der Waals surface area (Å²) in [5.41, 5.74) is 2.74. The molecule has 29 heavy (non-hydrogen) atoms. The van der Waals surface area contributed by atoms with E-state index in [0.717, 1.165) is 15.6 Å². The minimum Gasteiger partial charge on any atom is -0.369 e. The van der Waals surface area contributed by atoms with Crippen LogP contribution < -0.4 is 4.84 Å². The number of hydroxylamine groups is 1. The van der Waals surface area contributed by atoms with Gasteiger partial charge in [-0.1, -0.05) is 60.1 Å². The third-order valence-corrected chi connectivity index (χ3v) is 6.21. The lowest BCUT2D eigenvalue weighted by atomic mass is 10.1. The molecule has 0 aliphatic carbocycles. The molecule has 8 heteroatoms. The fourth-order valence-electron chi connectivity index (χ4n) is 2.83. The van der Waals surface area contributed by atoms with E-state index >= 15 is 0 Å². The fraction of sp³-hybridized carbons (Fsp3) is 0.0476. The molecule has 0 bridgehead atoms. The molecule has 4 rings (SSSR count). The Kier molecular flexibility index (Phi) is 5.19. The Balaban J connectivity index is 1.62. The molecule has 0 N–H and O–H groups in total. The van der Waals surface area contributed by atoms with Crippen molar-refractivity contribution in [2.45, 2.75) is 4.90 Å². The molecular weight excluding hydrogens is 410 g/mol. The van der Waals surface area contributed by atoms with Crippen LogP contribution in [0.25, 0.3) is 22.2 Å². The third-order valence-electron chi connectivity index (χ3n) is 4.30. The molecule has 1 heterocycles. The summed E-state index contributed by atoms with van der Waals surface area (Å²) < 4.78 is 26.7. The molecule has 0 amide bonds. The summed E-state index contributed by atoms with van der Waals surface area (Å²) in [7, 11) is -2.60. The van der Waals surface area contributed by atoms with Gasteiger partial charge in [0.05, 0.1) is 21.6 Å². The molecule has 0 unspecified atom stereocenters. The van der Waals surface area contributed by atoms with Crippen molar-refractivity contribution >= 4 is 32.7 Å². The number of benzene rings is 3. The van der Waals surface area contributed by atoms with E-state index in [1.165, 1.54) is 19.3 Å². The van der Waals surface area contributed by atoms with Gasteiger partial charge in [-0.25, -0.2) is 18.4 Å². The van der Waals surface area contributed by atoms with Gasteiger partial charge < -0.3 is 4.84 Å². The van der Waals surface area contributed by atoms with Crippen molar-refractivity contribution in [3.63, 3.8) is 0 Å². The highest BCUT2D eigenvalue weighted by Gasteiger charge is 2.24. The number of rotatable bonds is 5. The quantitative estimate of drug-likeness (QED) is 0.438. The minimum atomic E-state index is -3.91. The Morgan fingerprint density at radius 1 is 0.931 bits per heavy atom. The molecule has 0 atom stereocenters. The van der Waals surface area contributed by atoms with Crippen molar-refractivity contribution in [3.8, 4) is 17.0 Å². The van der Waals surface area contributed by atoms with Crippen LogP contribution in [0.4, 0.5) is 0 Å². The molecule has 0 spiro atoms. The number of nitrogens with zero attached hydrogens (tertiary/aromatic N) is 3. The van der Waals surface area contributed by atoms with Crippen molar-refractivity contribution < 1.29 is 13.3 Å². The maximum Gasteiger partial charge on any atom is 0.273 e. The number of aromatic nitrogens is 2. The van der Waals surface area contributed by atoms with Gasteiger partial charge in [0.15, 0.2) is 0 Å². The second-order valence-corrected chi connectivity index (χ2v) is 8.56. The first-order valence-electron chi connectivity index (χ1n) is 8.69. The van der Waals surface area contributed by atoms with E-state index in [9.17, 15) is 8.42 Å². The van der Waals surface area contributed by atoms with E-state index in [0.29, 0.717) is 16.1 Å². The van der Waals surface area contributed by atoms with Crippen LogP contribution in [-0.4, -0.2) is 29.9 Å². The van der Waals surface area contributed by atoms with Gasteiger partial charge in [-0.05, 0) is 39.9 Å². The SMILES string of the molecule is CN(Oc1cnc2c(Cl)cccc2n1)S(=O)(=O)c1cccc(-c2ccccc2)c1. The lowest BCUT2D eigenvalue weighted by molar-refractivity contribution is 0.0582. The van der Waals surface area contributed by atoms with Gasteiger partial charge in [0.2, 0.25) is 0 Å². The predicted molar refractivity (Wildman–Crippen MR) is 112 cm³/mol. The average molecular weight is 426 g/mol. The highest BCUT2D eigenvalue weighted by molar-refractivity contribution is 7.89. The number of hydrogen-bond donors (Lipinski definition) is 0. The maximum absolute atomic E-state index is 13.0. The normalized spacial score (nSPS) is 11.7. The van der Waals surface area contributed by atoms with E-state index in [1.54, 1.807) is 30.3 Å². The molecule has 0 saturated carbocycles. The lowest BCUT2D eigenvalue weighted by Gasteiger charge is -2.17. The van der Waals surface area contributed by atoms with Gasteiger partial charge in [-0.2, -0.15) is 0 Å². The van der Waals surface area contributed by atoms with Gasteiger partial charge >= 0.3 is 0 Å². The van der Waals surface area contributed by atoms with E-state index in [-0.39, 0.29) is 10.8 Å². The van der Waals surface area contributed by atoms with E-state index < -0.39 is 10.0 Å². The predicted octanol–water partition coefficient (Wildman–Crippen LogP) is 4.56. The number of fused-ring (bicyclic) bond motifs is 1. The van der Waals surface area contributed by atoms with Crippen LogP contribution in [0, 0.1) is 0 Å². The summed E-state index contributed by atoms with van der Waals surface area (Å²) in [5.74, 6) is 0.0463. The maximum atomic E-state index is 13.0. The summed E-state index contributed by atoms with van der Waals surface area (Å²) in [6.45, 7) is 0. The Labute approximate surface area is 173 Å². The highest BCUT2D eigenvalue weighted by atomic mass is 35.5. The van der Waals surface area contributed by atoms with Crippen LogP contribution in [0.5, 0.6) is 5.88 Å². The zero-order chi connectivity index (χ0) is 20.4. The van der Waals surface area contributed by atoms with E-state index in [2.05, 4.69) is 9.97 Å². The van der Waals surface area contributed by atoms with Gasteiger partial charge in [-0.3, -0.25) is 0 Å².